The maximum Gasteiger partial charge on any atom is 0.255 e. The van der Waals surface area contributed by atoms with Crippen molar-refractivity contribution in [1.29, 1.82) is 0 Å². The molecule has 3 aromatic rings. The van der Waals surface area contributed by atoms with Gasteiger partial charge in [-0.05, 0) is 47.7 Å². The number of nitrogens with one attached hydrogen (secondary N) is 1. The Bertz CT molecular complexity index is 966. The highest BCUT2D eigenvalue weighted by Gasteiger charge is 2.13. The van der Waals surface area contributed by atoms with E-state index in [4.69, 9.17) is 4.74 Å². The molecule has 154 valence electrons. The summed E-state index contributed by atoms with van der Waals surface area (Å²) in [6.07, 6.45) is 1.75. The van der Waals surface area contributed by atoms with Crippen LogP contribution in [0.15, 0.2) is 78.9 Å². The lowest BCUT2D eigenvalue weighted by Gasteiger charge is -2.26. The summed E-state index contributed by atoms with van der Waals surface area (Å²) in [6.45, 7) is 4.35. The summed E-state index contributed by atoms with van der Waals surface area (Å²) in [4.78, 5) is 15.4. The van der Waals surface area contributed by atoms with Crippen LogP contribution in [0.2, 0.25) is 0 Å². The average molecular weight is 401 g/mol. The highest BCUT2D eigenvalue weighted by molar-refractivity contribution is 6.05. The molecule has 1 amide bonds. The first kappa shape index (κ1) is 20.3. The normalized spacial score (nSPS) is 14.4. The number of amides is 1. The fraction of sp³-hybridized carbons (Fsp3) is 0.269. The van der Waals surface area contributed by atoms with Crippen LogP contribution >= 0.6 is 0 Å². The Morgan fingerprint density at radius 2 is 1.57 bits per heavy atom. The van der Waals surface area contributed by atoms with Gasteiger partial charge in [-0.15, -0.1) is 0 Å². The van der Waals surface area contributed by atoms with Crippen molar-refractivity contribution in [1.82, 2.24) is 4.90 Å². The summed E-state index contributed by atoms with van der Waals surface area (Å²) in [7, 11) is 0. The van der Waals surface area contributed by atoms with Gasteiger partial charge in [0.2, 0.25) is 0 Å². The van der Waals surface area contributed by atoms with Crippen molar-refractivity contribution in [3.8, 4) is 0 Å². The molecule has 0 spiro atoms. The Morgan fingerprint density at radius 3 is 2.40 bits per heavy atom. The Labute approximate surface area is 178 Å². The van der Waals surface area contributed by atoms with Gasteiger partial charge in [0.1, 0.15) is 0 Å². The quantitative estimate of drug-likeness (QED) is 0.632. The maximum absolute atomic E-state index is 13.0. The molecule has 1 saturated heterocycles. The number of ether oxygens (including phenoxy) is 1. The number of hydrogen-bond donors (Lipinski definition) is 1. The summed E-state index contributed by atoms with van der Waals surface area (Å²) in [6, 6.07) is 26.4. The molecule has 0 radical (unpaired) electrons. The van der Waals surface area contributed by atoms with Crippen LogP contribution in [0, 0.1) is 0 Å². The predicted octanol–water partition coefficient (Wildman–Crippen LogP) is 4.56. The molecule has 1 heterocycles. The monoisotopic (exact) mass is 400 g/mol. The number of aryl methyl sites for hydroxylation is 2. The highest BCUT2D eigenvalue weighted by atomic mass is 16.5. The molecule has 0 aliphatic carbocycles. The first-order valence-electron chi connectivity index (χ1n) is 10.6. The third-order valence-corrected chi connectivity index (χ3v) is 5.48. The minimum Gasteiger partial charge on any atom is -0.379 e. The van der Waals surface area contributed by atoms with Crippen molar-refractivity contribution in [2.45, 2.75) is 19.4 Å². The second-order valence-corrected chi connectivity index (χ2v) is 7.69. The minimum absolute atomic E-state index is 0.0535. The van der Waals surface area contributed by atoms with Crippen LogP contribution in [0.1, 0.15) is 27.0 Å². The number of anilines is 1. The van der Waals surface area contributed by atoms with Crippen LogP contribution in [0.3, 0.4) is 0 Å². The molecule has 4 nitrogen and oxygen atoms in total. The van der Waals surface area contributed by atoms with Crippen LogP contribution in [0.25, 0.3) is 0 Å². The third kappa shape index (κ3) is 5.56. The third-order valence-electron chi connectivity index (χ3n) is 5.48. The highest BCUT2D eigenvalue weighted by Crippen LogP contribution is 2.18. The molecule has 1 aliphatic heterocycles. The van der Waals surface area contributed by atoms with Crippen molar-refractivity contribution in [3.05, 3.63) is 101 Å². The lowest BCUT2D eigenvalue weighted by Crippen LogP contribution is -2.35. The molecule has 3 aromatic carbocycles. The summed E-state index contributed by atoms with van der Waals surface area (Å²) in [5.41, 5.74) is 5.13. The van der Waals surface area contributed by atoms with E-state index in [1.54, 1.807) is 0 Å². The molecule has 0 aromatic heterocycles. The molecule has 0 unspecified atom stereocenters. The Kier molecular flexibility index (Phi) is 6.91. The molecule has 1 aliphatic rings. The number of morpholine rings is 1. The second-order valence-electron chi connectivity index (χ2n) is 7.69. The number of carbonyl (C=O) groups excluding carboxylic acids is 1. The van der Waals surface area contributed by atoms with Crippen LogP contribution in [-0.4, -0.2) is 37.1 Å². The smallest absolute Gasteiger partial charge is 0.255 e. The summed E-state index contributed by atoms with van der Waals surface area (Å²) in [5.74, 6) is -0.0535. The van der Waals surface area contributed by atoms with E-state index >= 15 is 0 Å². The first-order valence-corrected chi connectivity index (χ1v) is 10.6. The van der Waals surface area contributed by atoms with Crippen molar-refractivity contribution >= 4 is 11.6 Å². The van der Waals surface area contributed by atoms with Gasteiger partial charge in [0.15, 0.2) is 0 Å². The van der Waals surface area contributed by atoms with E-state index in [1.807, 2.05) is 42.5 Å². The van der Waals surface area contributed by atoms with Crippen molar-refractivity contribution in [2.24, 2.45) is 0 Å². The molecule has 4 rings (SSSR count). The molecule has 0 saturated carbocycles. The van der Waals surface area contributed by atoms with Gasteiger partial charge >= 0.3 is 0 Å². The van der Waals surface area contributed by atoms with Crippen molar-refractivity contribution < 1.29 is 9.53 Å². The van der Waals surface area contributed by atoms with Crippen LogP contribution < -0.4 is 5.32 Å². The zero-order valence-corrected chi connectivity index (χ0v) is 17.2. The largest absolute Gasteiger partial charge is 0.379 e. The number of hydrogen-bond acceptors (Lipinski definition) is 3. The van der Waals surface area contributed by atoms with Crippen LogP contribution in [0.5, 0.6) is 0 Å². The van der Waals surface area contributed by atoms with Crippen molar-refractivity contribution in [3.63, 3.8) is 0 Å². The number of benzene rings is 3. The Hall–Kier alpha value is -2.95. The number of nitrogens with zero attached hydrogens (tertiary/aromatic N) is 1. The van der Waals surface area contributed by atoms with Crippen LogP contribution in [0.4, 0.5) is 5.69 Å². The summed E-state index contributed by atoms with van der Waals surface area (Å²) in [5, 5.41) is 3.09. The van der Waals surface area contributed by atoms with Crippen LogP contribution in [-0.2, 0) is 24.1 Å². The summed E-state index contributed by atoms with van der Waals surface area (Å²) >= 11 is 0. The fourth-order valence-electron chi connectivity index (χ4n) is 3.85. The van der Waals surface area contributed by atoms with E-state index in [0.717, 1.165) is 62.5 Å². The van der Waals surface area contributed by atoms with Gasteiger partial charge in [0.05, 0.1) is 13.2 Å². The molecular formula is C26H28N2O2. The van der Waals surface area contributed by atoms with Gasteiger partial charge in [-0.1, -0.05) is 60.7 Å². The first-order chi connectivity index (χ1) is 14.8. The average Bonchev–Trinajstić information content (AvgIpc) is 2.79. The SMILES string of the molecule is O=C(Nc1cccc(CN2CCOCC2)c1)c1ccccc1CCc1ccccc1. The van der Waals surface area contributed by atoms with E-state index in [1.165, 1.54) is 11.1 Å². The van der Waals surface area contributed by atoms with Crippen molar-refractivity contribution in [2.75, 3.05) is 31.6 Å². The maximum atomic E-state index is 13.0. The van der Waals surface area contributed by atoms with E-state index in [0.29, 0.717) is 0 Å². The lowest BCUT2D eigenvalue weighted by molar-refractivity contribution is 0.0342. The molecule has 30 heavy (non-hydrogen) atoms. The molecule has 4 heteroatoms. The van der Waals surface area contributed by atoms with Gasteiger partial charge in [0.25, 0.3) is 5.91 Å². The Morgan fingerprint density at radius 1 is 0.833 bits per heavy atom. The Balaban J connectivity index is 1.42. The van der Waals surface area contributed by atoms with E-state index in [2.05, 4.69) is 46.6 Å². The molecule has 0 bridgehead atoms. The van der Waals surface area contributed by atoms with E-state index in [9.17, 15) is 4.79 Å². The van der Waals surface area contributed by atoms with Gasteiger partial charge in [0, 0.05) is 30.9 Å². The topological polar surface area (TPSA) is 41.6 Å². The second kappa shape index (κ2) is 10.2. The zero-order chi connectivity index (χ0) is 20.6. The minimum atomic E-state index is -0.0535. The summed E-state index contributed by atoms with van der Waals surface area (Å²) < 4.78 is 5.42. The number of carbonyl (C=O) groups is 1. The fourth-order valence-corrected chi connectivity index (χ4v) is 3.85. The lowest BCUT2D eigenvalue weighted by atomic mass is 9.99. The molecule has 0 atom stereocenters. The van der Waals surface area contributed by atoms with E-state index in [-0.39, 0.29) is 5.91 Å². The molecule has 1 N–H and O–H groups in total. The number of rotatable bonds is 7. The van der Waals surface area contributed by atoms with Gasteiger partial charge in [-0.2, -0.15) is 0 Å². The van der Waals surface area contributed by atoms with Gasteiger partial charge in [-0.3, -0.25) is 9.69 Å². The standard InChI is InChI=1S/C26H28N2O2/c29-26(25-12-5-4-10-23(25)14-13-21-7-2-1-3-8-21)27-24-11-6-9-22(19-24)20-28-15-17-30-18-16-28/h1-12,19H,13-18,20H2,(H,27,29). The molecule has 1 fully saturated rings. The zero-order valence-electron chi connectivity index (χ0n) is 17.2. The molecular weight excluding hydrogens is 372 g/mol. The van der Waals surface area contributed by atoms with E-state index < -0.39 is 0 Å². The van der Waals surface area contributed by atoms with Gasteiger partial charge < -0.3 is 10.1 Å². The van der Waals surface area contributed by atoms with Gasteiger partial charge in [-0.25, -0.2) is 0 Å². The predicted molar refractivity (Wildman–Crippen MR) is 121 cm³/mol.